The SMILES string of the molecule is CC/C=C\C/C=C\C/C=C\C/C=C\C/C=C\C/C=C\C/C=C\CCCCCCCCCCCCCCCC(=O)OC(CO)COC(=O)CCCCCCCCC/C=C\C/C=C\CCCCC. The van der Waals surface area contributed by atoms with Gasteiger partial charge < -0.3 is 14.6 Å². The van der Waals surface area contributed by atoms with Crippen LogP contribution in [0.15, 0.2) is 109 Å². The summed E-state index contributed by atoms with van der Waals surface area (Å²) in [6.07, 6.45) is 80.5. The second-order valence-electron chi connectivity index (χ2n) is 17.9. The molecule has 1 atom stereocenters. The largest absolute Gasteiger partial charge is 0.462 e. The van der Waals surface area contributed by atoms with E-state index >= 15 is 0 Å². The molecule has 0 fully saturated rings. The van der Waals surface area contributed by atoms with Crippen LogP contribution in [0.4, 0.5) is 0 Å². The molecule has 0 amide bonds. The second kappa shape index (κ2) is 55.9. The highest BCUT2D eigenvalue weighted by molar-refractivity contribution is 5.70. The molecule has 0 spiro atoms. The molecule has 5 heteroatoms. The van der Waals surface area contributed by atoms with Crippen LogP contribution in [0.25, 0.3) is 0 Å². The van der Waals surface area contributed by atoms with Gasteiger partial charge in [0.2, 0.25) is 0 Å². The Balaban J connectivity index is 3.53. The lowest BCUT2D eigenvalue weighted by atomic mass is 10.0. The number of carbonyl (C=O) groups is 2. The van der Waals surface area contributed by atoms with E-state index in [1.807, 2.05) is 0 Å². The molecule has 1 unspecified atom stereocenters. The average molecular weight is 915 g/mol. The lowest BCUT2D eigenvalue weighted by molar-refractivity contribution is -0.161. The Labute approximate surface area is 408 Å². The van der Waals surface area contributed by atoms with Gasteiger partial charge >= 0.3 is 11.9 Å². The van der Waals surface area contributed by atoms with Crippen molar-refractivity contribution in [2.45, 2.75) is 251 Å². The summed E-state index contributed by atoms with van der Waals surface area (Å²) in [4.78, 5) is 24.5. The lowest BCUT2D eigenvalue weighted by Crippen LogP contribution is -2.28. The number of unbranched alkanes of at least 4 members (excludes halogenated alkanes) is 23. The second-order valence-corrected chi connectivity index (χ2v) is 17.9. The Hall–Kier alpha value is -3.44. The minimum absolute atomic E-state index is 0.0742. The molecule has 5 nitrogen and oxygen atoms in total. The van der Waals surface area contributed by atoms with Crippen molar-refractivity contribution < 1.29 is 24.2 Å². The number of allylic oxidation sites excluding steroid dienone is 18. The van der Waals surface area contributed by atoms with Crippen LogP contribution < -0.4 is 0 Å². The zero-order valence-corrected chi connectivity index (χ0v) is 42.9. The predicted molar refractivity (Wildman–Crippen MR) is 288 cm³/mol. The maximum atomic E-state index is 12.3. The van der Waals surface area contributed by atoms with Gasteiger partial charge in [-0.1, -0.05) is 239 Å². The molecule has 0 aromatic heterocycles. The van der Waals surface area contributed by atoms with Gasteiger partial charge in [0.1, 0.15) is 6.61 Å². The van der Waals surface area contributed by atoms with Crippen LogP contribution in [0.3, 0.4) is 0 Å². The fourth-order valence-electron chi connectivity index (χ4n) is 7.45. The third-order valence-corrected chi connectivity index (χ3v) is 11.6. The Morgan fingerprint density at radius 2 is 0.652 bits per heavy atom. The molecule has 0 aliphatic heterocycles. The van der Waals surface area contributed by atoms with E-state index in [2.05, 4.69) is 123 Å². The van der Waals surface area contributed by atoms with Crippen molar-refractivity contribution in [3.8, 4) is 0 Å². The molecule has 1 N–H and O–H groups in total. The summed E-state index contributed by atoms with van der Waals surface area (Å²) in [5.74, 6) is -0.602. The first kappa shape index (κ1) is 62.6. The highest BCUT2D eigenvalue weighted by Gasteiger charge is 2.16. The third-order valence-electron chi connectivity index (χ3n) is 11.6. The molecule has 0 saturated carbocycles. The van der Waals surface area contributed by atoms with Gasteiger partial charge in [0.15, 0.2) is 6.10 Å². The zero-order valence-electron chi connectivity index (χ0n) is 42.9. The van der Waals surface area contributed by atoms with Gasteiger partial charge in [0.05, 0.1) is 6.61 Å². The fraction of sp³-hybridized carbons (Fsp3) is 0.672. The molecular weight excluding hydrogens is 813 g/mol. The molecule has 0 aliphatic carbocycles. The molecule has 66 heavy (non-hydrogen) atoms. The van der Waals surface area contributed by atoms with E-state index < -0.39 is 6.10 Å². The van der Waals surface area contributed by atoms with Crippen LogP contribution in [0.2, 0.25) is 0 Å². The molecule has 0 rings (SSSR count). The third kappa shape index (κ3) is 53.2. The molecule has 0 heterocycles. The van der Waals surface area contributed by atoms with Crippen LogP contribution in [-0.4, -0.2) is 36.4 Å². The van der Waals surface area contributed by atoms with E-state index in [9.17, 15) is 14.7 Å². The summed E-state index contributed by atoms with van der Waals surface area (Å²) in [7, 11) is 0. The Morgan fingerprint density at radius 3 is 0.985 bits per heavy atom. The molecule has 0 aromatic carbocycles. The number of hydrogen-bond donors (Lipinski definition) is 1. The van der Waals surface area contributed by atoms with E-state index in [4.69, 9.17) is 9.47 Å². The monoisotopic (exact) mass is 915 g/mol. The number of aliphatic hydroxyl groups excluding tert-OH is 1. The van der Waals surface area contributed by atoms with Gasteiger partial charge in [-0.3, -0.25) is 9.59 Å². The van der Waals surface area contributed by atoms with Crippen molar-refractivity contribution >= 4 is 11.9 Å². The topological polar surface area (TPSA) is 72.8 Å². The Bertz CT molecular complexity index is 1310. The van der Waals surface area contributed by atoms with E-state index in [1.165, 1.54) is 122 Å². The molecule has 376 valence electrons. The number of carbonyl (C=O) groups excluding carboxylic acids is 2. The quantitative estimate of drug-likeness (QED) is 0.0374. The highest BCUT2D eigenvalue weighted by atomic mass is 16.6. The molecule has 0 aliphatic rings. The number of hydrogen-bond acceptors (Lipinski definition) is 5. The van der Waals surface area contributed by atoms with Crippen LogP contribution in [0.1, 0.15) is 245 Å². The fourth-order valence-corrected chi connectivity index (χ4v) is 7.45. The summed E-state index contributed by atoms with van der Waals surface area (Å²) >= 11 is 0. The number of esters is 2. The van der Waals surface area contributed by atoms with E-state index in [-0.39, 0.29) is 25.2 Å². The number of rotatable bonds is 49. The smallest absolute Gasteiger partial charge is 0.306 e. The van der Waals surface area contributed by atoms with Gasteiger partial charge in [-0.15, -0.1) is 0 Å². The highest BCUT2D eigenvalue weighted by Crippen LogP contribution is 2.15. The summed E-state index contributed by atoms with van der Waals surface area (Å²) in [5, 5.41) is 9.64. The molecule has 0 bridgehead atoms. The predicted octanol–water partition coefficient (Wildman–Crippen LogP) is 18.5. The standard InChI is InChI=1S/C61H102O5/c1-3-5-7-9-11-13-15-17-19-21-22-23-24-25-26-27-28-29-30-31-32-33-34-35-36-37-38-40-42-44-46-48-50-52-54-56-61(64)66-59(57-62)58-65-60(63)55-53-51-49-47-45-43-41-39-20-18-16-14-12-10-8-6-4-2/h5,7,11-14,17-20,22-23,25-26,28-29,31-32,59,62H,3-4,6,8-10,15-16,21,24,27,30,33-58H2,1-2H3/b7-5-,13-11-,14-12-,19-17-,20-18-,23-22-,26-25-,29-28-,32-31-. The van der Waals surface area contributed by atoms with Gasteiger partial charge in [0, 0.05) is 12.8 Å². The molecule has 0 aromatic rings. The van der Waals surface area contributed by atoms with Gasteiger partial charge in [0.25, 0.3) is 0 Å². The summed E-state index contributed by atoms with van der Waals surface area (Å²) in [6.45, 7) is 4.00. The van der Waals surface area contributed by atoms with Gasteiger partial charge in [-0.05, 0) is 103 Å². The number of ether oxygens (including phenoxy) is 2. The van der Waals surface area contributed by atoms with Crippen LogP contribution in [0, 0.1) is 0 Å². The van der Waals surface area contributed by atoms with Crippen molar-refractivity contribution in [2.24, 2.45) is 0 Å². The Morgan fingerprint density at radius 1 is 0.364 bits per heavy atom. The zero-order chi connectivity index (χ0) is 47.7. The van der Waals surface area contributed by atoms with Gasteiger partial charge in [-0.25, -0.2) is 0 Å². The first-order valence-electron chi connectivity index (χ1n) is 27.4. The van der Waals surface area contributed by atoms with Crippen molar-refractivity contribution in [1.82, 2.24) is 0 Å². The molecular formula is C61H102O5. The maximum absolute atomic E-state index is 12.3. The Kier molecular flexibility index (Phi) is 53.0. The van der Waals surface area contributed by atoms with E-state index in [1.54, 1.807) is 0 Å². The lowest BCUT2D eigenvalue weighted by Gasteiger charge is -2.15. The van der Waals surface area contributed by atoms with E-state index in [0.29, 0.717) is 12.8 Å². The minimum Gasteiger partial charge on any atom is -0.462 e. The normalized spacial score (nSPS) is 13.1. The van der Waals surface area contributed by atoms with Crippen molar-refractivity contribution in [3.05, 3.63) is 109 Å². The van der Waals surface area contributed by atoms with Crippen molar-refractivity contribution in [1.29, 1.82) is 0 Å². The summed E-state index contributed by atoms with van der Waals surface area (Å²) in [5.41, 5.74) is 0. The maximum Gasteiger partial charge on any atom is 0.306 e. The minimum atomic E-state index is -0.782. The summed E-state index contributed by atoms with van der Waals surface area (Å²) in [6, 6.07) is 0. The number of aliphatic hydroxyl groups is 1. The van der Waals surface area contributed by atoms with Crippen molar-refractivity contribution in [2.75, 3.05) is 13.2 Å². The van der Waals surface area contributed by atoms with E-state index in [0.717, 1.165) is 96.3 Å². The van der Waals surface area contributed by atoms with Crippen LogP contribution >= 0.6 is 0 Å². The average Bonchev–Trinajstić information content (AvgIpc) is 3.32. The summed E-state index contributed by atoms with van der Waals surface area (Å²) < 4.78 is 10.7. The van der Waals surface area contributed by atoms with Crippen LogP contribution in [-0.2, 0) is 19.1 Å². The molecule has 0 radical (unpaired) electrons. The van der Waals surface area contributed by atoms with Gasteiger partial charge in [-0.2, -0.15) is 0 Å². The van der Waals surface area contributed by atoms with Crippen molar-refractivity contribution in [3.63, 3.8) is 0 Å². The van der Waals surface area contributed by atoms with Crippen LogP contribution in [0.5, 0.6) is 0 Å². The molecule has 0 saturated heterocycles. The first-order valence-corrected chi connectivity index (χ1v) is 27.4. The first-order chi connectivity index (χ1) is 32.6.